The van der Waals surface area contributed by atoms with Gasteiger partial charge in [0.1, 0.15) is 0 Å². The molecule has 130 valence electrons. The van der Waals surface area contributed by atoms with Crippen LogP contribution in [0, 0.1) is 0 Å². The smallest absolute Gasteiger partial charge is 0.245 e. The minimum absolute atomic E-state index is 0.379. The Morgan fingerprint density at radius 1 is 0.885 bits per heavy atom. The van der Waals surface area contributed by atoms with Gasteiger partial charge in [0.2, 0.25) is 11.3 Å². The first-order valence-corrected chi connectivity index (χ1v) is 8.46. The molecule has 1 aliphatic heterocycles. The van der Waals surface area contributed by atoms with E-state index in [2.05, 4.69) is 48.7 Å². The highest BCUT2D eigenvalue weighted by Crippen LogP contribution is 2.31. The van der Waals surface area contributed by atoms with E-state index < -0.39 is 0 Å². The molecule has 3 heterocycles. The van der Waals surface area contributed by atoms with Gasteiger partial charge < -0.3 is 15.0 Å². The number of fused-ring (bicyclic) bond motifs is 2. The summed E-state index contributed by atoms with van der Waals surface area (Å²) in [6.07, 6.45) is 0. The first-order valence-electron chi connectivity index (χ1n) is 8.46. The molecule has 8 nitrogen and oxygen atoms in total. The van der Waals surface area contributed by atoms with Crippen molar-refractivity contribution in [3.63, 3.8) is 0 Å². The van der Waals surface area contributed by atoms with E-state index in [1.165, 1.54) is 0 Å². The molecule has 0 amide bonds. The van der Waals surface area contributed by atoms with Gasteiger partial charge in [-0.1, -0.05) is 36.4 Å². The van der Waals surface area contributed by atoms with Crippen molar-refractivity contribution in [2.45, 2.75) is 0 Å². The van der Waals surface area contributed by atoms with Gasteiger partial charge in [0.05, 0.1) is 13.2 Å². The third-order valence-corrected chi connectivity index (χ3v) is 4.45. The van der Waals surface area contributed by atoms with Crippen molar-refractivity contribution in [3.8, 4) is 0 Å². The summed E-state index contributed by atoms with van der Waals surface area (Å²) >= 11 is 0. The average Bonchev–Trinajstić information content (AvgIpc) is 3.16. The minimum Gasteiger partial charge on any atom is -0.378 e. The second-order valence-electron chi connectivity index (χ2n) is 6.06. The van der Waals surface area contributed by atoms with Crippen LogP contribution in [0.25, 0.3) is 22.1 Å². The van der Waals surface area contributed by atoms with Crippen molar-refractivity contribution in [2.24, 2.45) is 0 Å². The summed E-state index contributed by atoms with van der Waals surface area (Å²) in [6.45, 7) is 2.81. The lowest BCUT2D eigenvalue weighted by Gasteiger charge is -2.28. The molecular formula is C18H16N6O2. The Balaban J connectivity index is 1.62. The van der Waals surface area contributed by atoms with Crippen molar-refractivity contribution in [2.75, 3.05) is 36.5 Å². The number of rotatable bonds is 3. The molecule has 0 bridgehead atoms. The first-order chi connectivity index (χ1) is 12.9. The van der Waals surface area contributed by atoms with E-state index in [1.54, 1.807) is 0 Å². The Hall–Kier alpha value is -3.26. The maximum Gasteiger partial charge on any atom is 0.245 e. The molecule has 2 aromatic carbocycles. The van der Waals surface area contributed by atoms with Crippen molar-refractivity contribution >= 4 is 39.4 Å². The Bertz CT molecular complexity index is 1070. The van der Waals surface area contributed by atoms with Gasteiger partial charge in [0.15, 0.2) is 11.6 Å². The number of nitrogens with one attached hydrogen (secondary N) is 1. The van der Waals surface area contributed by atoms with Gasteiger partial charge >= 0.3 is 0 Å². The van der Waals surface area contributed by atoms with Crippen LogP contribution in [0.4, 0.5) is 17.3 Å². The van der Waals surface area contributed by atoms with E-state index in [1.807, 2.05) is 24.3 Å². The molecule has 1 N–H and O–H groups in total. The molecule has 26 heavy (non-hydrogen) atoms. The fraction of sp³-hybridized carbons (Fsp3) is 0.222. The van der Waals surface area contributed by atoms with E-state index in [0.717, 1.165) is 35.4 Å². The van der Waals surface area contributed by atoms with Gasteiger partial charge in [-0.05, 0) is 21.8 Å². The van der Waals surface area contributed by atoms with Crippen molar-refractivity contribution in [1.82, 2.24) is 20.3 Å². The monoisotopic (exact) mass is 348 g/mol. The molecule has 2 aromatic heterocycles. The molecule has 4 aromatic rings. The molecule has 0 unspecified atom stereocenters. The lowest BCUT2D eigenvalue weighted by Crippen LogP contribution is -2.37. The number of hydrogen-bond donors (Lipinski definition) is 1. The van der Waals surface area contributed by atoms with Crippen LogP contribution in [0.15, 0.2) is 47.1 Å². The normalized spacial score (nSPS) is 14.8. The molecule has 5 rings (SSSR count). The Labute approximate surface area is 148 Å². The van der Waals surface area contributed by atoms with E-state index in [4.69, 9.17) is 9.37 Å². The molecule has 0 saturated carbocycles. The summed E-state index contributed by atoms with van der Waals surface area (Å²) in [5.74, 6) is 1.36. The SMILES string of the molecule is c1ccc2c(Nc3nc4nonc4nc3N3CCOCC3)cccc2c1. The third-order valence-electron chi connectivity index (χ3n) is 4.45. The maximum absolute atomic E-state index is 5.45. The quantitative estimate of drug-likeness (QED) is 0.604. The van der Waals surface area contributed by atoms with Gasteiger partial charge in [-0.2, -0.15) is 0 Å². The summed E-state index contributed by atoms with van der Waals surface area (Å²) in [6, 6.07) is 14.3. The second kappa shape index (κ2) is 6.23. The van der Waals surface area contributed by atoms with Crippen molar-refractivity contribution < 1.29 is 9.37 Å². The minimum atomic E-state index is 0.379. The Morgan fingerprint density at radius 3 is 2.54 bits per heavy atom. The van der Waals surface area contributed by atoms with E-state index >= 15 is 0 Å². The van der Waals surface area contributed by atoms with Crippen LogP contribution in [0.2, 0.25) is 0 Å². The summed E-state index contributed by atoms with van der Waals surface area (Å²) in [4.78, 5) is 11.3. The number of hydrogen-bond acceptors (Lipinski definition) is 8. The van der Waals surface area contributed by atoms with Gasteiger partial charge in [-0.15, -0.1) is 0 Å². The van der Waals surface area contributed by atoms with Crippen LogP contribution in [-0.2, 0) is 4.74 Å². The summed E-state index contributed by atoms with van der Waals surface area (Å²) in [5.41, 5.74) is 1.74. The highest BCUT2D eigenvalue weighted by atomic mass is 16.6. The zero-order chi connectivity index (χ0) is 17.3. The van der Waals surface area contributed by atoms with Gasteiger partial charge in [-0.25, -0.2) is 14.6 Å². The van der Waals surface area contributed by atoms with Crippen molar-refractivity contribution in [3.05, 3.63) is 42.5 Å². The van der Waals surface area contributed by atoms with E-state index in [0.29, 0.717) is 30.3 Å². The van der Waals surface area contributed by atoms with Gasteiger partial charge in [0, 0.05) is 24.2 Å². The standard InChI is InChI=1S/C18H16N6O2/c1-2-6-13-12(4-1)5-3-7-14(13)19-17-18(24-8-10-25-11-9-24)21-16-15(20-17)22-26-23-16/h1-7H,8-11H2,(H,19,20,22). The summed E-state index contributed by atoms with van der Waals surface area (Å²) < 4.78 is 10.2. The number of anilines is 3. The highest BCUT2D eigenvalue weighted by molar-refractivity contribution is 5.96. The Morgan fingerprint density at radius 2 is 1.65 bits per heavy atom. The highest BCUT2D eigenvalue weighted by Gasteiger charge is 2.21. The molecule has 0 radical (unpaired) electrons. The molecular weight excluding hydrogens is 332 g/mol. The number of benzene rings is 2. The van der Waals surface area contributed by atoms with Gasteiger partial charge in [0.25, 0.3) is 0 Å². The van der Waals surface area contributed by atoms with Crippen LogP contribution in [0.3, 0.4) is 0 Å². The average molecular weight is 348 g/mol. The van der Waals surface area contributed by atoms with Crippen LogP contribution in [-0.4, -0.2) is 46.6 Å². The molecule has 1 fully saturated rings. The number of nitrogens with zero attached hydrogens (tertiary/aromatic N) is 5. The van der Waals surface area contributed by atoms with Crippen molar-refractivity contribution in [1.29, 1.82) is 0 Å². The summed E-state index contributed by atoms with van der Waals surface area (Å²) in [7, 11) is 0. The van der Waals surface area contributed by atoms with Crippen LogP contribution in [0.1, 0.15) is 0 Å². The Kier molecular flexibility index (Phi) is 3.60. The molecule has 1 aliphatic rings. The molecule has 1 saturated heterocycles. The van der Waals surface area contributed by atoms with Gasteiger partial charge in [-0.3, -0.25) is 0 Å². The zero-order valence-electron chi connectivity index (χ0n) is 13.9. The second-order valence-corrected chi connectivity index (χ2v) is 6.06. The fourth-order valence-electron chi connectivity index (χ4n) is 3.17. The molecule has 0 aliphatic carbocycles. The fourth-order valence-corrected chi connectivity index (χ4v) is 3.17. The maximum atomic E-state index is 5.45. The van der Waals surface area contributed by atoms with Crippen LogP contribution < -0.4 is 10.2 Å². The molecule has 0 spiro atoms. The van der Waals surface area contributed by atoms with E-state index in [-0.39, 0.29) is 0 Å². The topological polar surface area (TPSA) is 89.2 Å². The lowest BCUT2D eigenvalue weighted by atomic mass is 10.1. The third kappa shape index (κ3) is 2.60. The summed E-state index contributed by atoms with van der Waals surface area (Å²) in [5, 5.41) is 13.4. The number of aromatic nitrogens is 4. The first kappa shape index (κ1) is 15.0. The largest absolute Gasteiger partial charge is 0.378 e. The predicted octanol–water partition coefficient (Wildman–Crippen LogP) is 2.75. The molecule has 8 heteroatoms. The molecule has 0 atom stereocenters. The zero-order valence-corrected chi connectivity index (χ0v) is 13.9. The van der Waals surface area contributed by atoms with Crippen LogP contribution >= 0.6 is 0 Å². The number of ether oxygens (including phenoxy) is 1. The van der Waals surface area contributed by atoms with Crippen LogP contribution in [0.5, 0.6) is 0 Å². The lowest BCUT2D eigenvalue weighted by molar-refractivity contribution is 0.122. The predicted molar refractivity (Wildman–Crippen MR) is 97.7 cm³/mol. The van der Waals surface area contributed by atoms with E-state index in [9.17, 15) is 0 Å². The number of morpholine rings is 1.